The minimum Gasteiger partial charge on any atom is -0.309 e. The lowest BCUT2D eigenvalue weighted by Crippen LogP contribution is -1.93. The van der Waals surface area contributed by atoms with Crippen molar-refractivity contribution in [1.82, 2.24) is 4.57 Å². The molecule has 1 heterocycles. The van der Waals surface area contributed by atoms with E-state index < -0.39 is 0 Å². The van der Waals surface area contributed by atoms with E-state index >= 15 is 0 Å². The van der Waals surface area contributed by atoms with Crippen molar-refractivity contribution < 1.29 is 0 Å². The minimum absolute atomic E-state index is 1.16. The average Bonchev–Trinajstić information content (AvgIpc) is 4.14. The van der Waals surface area contributed by atoms with Crippen molar-refractivity contribution in [2.24, 2.45) is 0 Å². The largest absolute Gasteiger partial charge is 0.309 e. The highest BCUT2D eigenvalue weighted by Crippen LogP contribution is 2.47. The van der Waals surface area contributed by atoms with Crippen molar-refractivity contribution in [1.29, 1.82) is 0 Å². The lowest BCUT2D eigenvalue weighted by atomic mass is 9.83. The van der Waals surface area contributed by atoms with Crippen LogP contribution in [0.2, 0.25) is 0 Å². The summed E-state index contributed by atoms with van der Waals surface area (Å²) in [6.07, 6.45) is 0. The molecular weight excluding hydrogens is 975 g/mol. The van der Waals surface area contributed by atoms with Crippen molar-refractivity contribution in [2.75, 3.05) is 0 Å². The fraction of sp³-hybridized carbons (Fsp3) is 0. The second-order valence-corrected chi connectivity index (χ2v) is 21.2. The Morgan fingerprint density at radius 1 is 0.148 bits per heavy atom. The number of rotatable bonds is 10. The van der Waals surface area contributed by atoms with E-state index in [2.05, 4.69) is 326 Å². The third-order valence-corrected chi connectivity index (χ3v) is 16.4. The van der Waals surface area contributed by atoms with E-state index in [0.29, 0.717) is 0 Å². The van der Waals surface area contributed by atoms with Crippen LogP contribution < -0.4 is 0 Å². The first-order valence-electron chi connectivity index (χ1n) is 28.0. The molecule has 81 heavy (non-hydrogen) atoms. The van der Waals surface area contributed by atoms with Gasteiger partial charge in [-0.1, -0.05) is 273 Å². The Balaban J connectivity index is 0.822. The van der Waals surface area contributed by atoms with E-state index in [9.17, 15) is 0 Å². The number of hydrogen-bond donors (Lipinski definition) is 0. The summed E-state index contributed by atoms with van der Waals surface area (Å²) in [4.78, 5) is 0. The molecule has 0 radical (unpaired) electrons. The van der Waals surface area contributed by atoms with Crippen LogP contribution in [-0.4, -0.2) is 4.57 Å². The Bertz CT molecular complexity index is 4760. The molecule has 15 aromatic rings. The summed E-state index contributed by atoms with van der Waals surface area (Å²) in [5, 5.41) is 7.38. The van der Waals surface area contributed by atoms with Gasteiger partial charge >= 0.3 is 0 Å². The van der Waals surface area contributed by atoms with Gasteiger partial charge in [-0.15, -0.1) is 0 Å². The SMILES string of the molecule is c1ccc(-c2ccc(-c3ccc(-c4c5ccc(-c6ccccc6)cc5c(-c5ccc(-c6ccc(-c7ccc8c(c7)c7cc(-c9ccccc9)ccc7n8-c7ccccc7)cc6)cc5)c5ccc(-c6ccccc6)cc45)cc3)cc2)cc1. The van der Waals surface area contributed by atoms with E-state index in [1.165, 1.54) is 143 Å². The number of aromatic nitrogens is 1. The molecule has 0 bridgehead atoms. The summed E-state index contributed by atoms with van der Waals surface area (Å²) in [6.45, 7) is 0. The molecule has 0 fully saturated rings. The molecule has 0 saturated carbocycles. The van der Waals surface area contributed by atoms with Crippen molar-refractivity contribution in [3.8, 4) is 106 Å². The molecule has 0 amide bonds. The molecule has 0 atom stereocenters. The number of nitrogens with zero attached hydrogens (tertiary/aromatic N) is 1. The van der Waals surface area contributed by atoms with Crippen LogP contribution in [0.25, 0.3) is 149 Å². The molecule has 378 valence electrons. The van der Waals surface area contributed by atoms with Crippen LogP contribution in [0.4, 0.5) is 0 Å². The monoisotopic (exact) mass is 1030 g/mol. The van der Waals surface area contributed by atoms with Gasteiger partial charge in [0.2, 0.25) is 0 Å². The maximum absolute atomic E-state index is 2.42. The zero-order valence-corrected chi connectivity index (χ0v) is 44.5. The third-order valence-electron chi connectivity index (χ3n) is 16.4. The normalized spacial score (nSPS) is 11.5. The lowest BCUT2D eigenvalue weighted by Gasteiger charge is -2.20. The van der Waals surface area contributed by atoms with Gasteiger partial charge in [-0.05, 0) is 170 Å². The molecule has 0 aliphatic carbocycles. The van der Waals surface area contributed by atoms with Crippen LogP contribution in [0.1, 0.15) is 0 Å². The summed E-state index contributed by atoms with van der Waals surface area (Å²) in [7, 11) is 0. The van der Waals surface area contributed by atoms with Gasteiger partial charge in [0.05, 0.1) is 11.0 Å². The molecule has 1 aromatic heterocycles. The highest BCUT2D eigenvalue weighted by atomic mass is 15.0. The molecular formula is C80H53N. The van der Waals surface area contributed by atoms with Gasteiger partial charge in [0, 0.05) is 16.5 Å². The molecule has 1 heteroatoms. The zero-order valence-electron chi connectivity index (χ0n) is 44.5. The number of hydrogen-bond acceptors (Lipinski definition) is 0. The molecule has 0 aliphatic heterocycles. The molecule has 0 N–H and O–H groups in total. The molecule has 0 saturated heterocycles. The Morgan fingerprint density at radius 3 is 0.691 bits per heavy atom. The van der Waals surface area contributed by atoms with E-state index in [1.54, 1.807) is 0 Å². The standard InChI is InChI=1S/C80H53N/c1-6-16-54(17-7-1)58-26-28-59(29-27-58)61-34-38-64(39-35-61)79-71-46-42-67(56-20-10-3-11-21-56)53-76(71)80(72-47-43-66(52-75(72)79)55-18-8-2-9-19-55)65-40-36-62(37-41-65)60-30-32-63(33-31-60)69-45-49-78-74(51-69)73-50-68(57-22-12-4-13-23-57)44-48-77(73)81(78)70-24-14-5-15-25-70/h1-53H. The van der Waals surface area contributed by atoms with E-state index in [0.717, 1.165) is 5.69 Å². The smallest absolute Gasteiger partial charge is 0.0541 e. The summed E-state index contributed by atoms with van der Waals surface area (Å²) >= 11 is 0. The second kappa shape index (κ2) is 20.3. The van der Waals surface area contributed by atoms with Crippen molar-refractivity contribution in [3.63, 3.8) is 0 Å². The number of para-hydroxylation sites is 1. The van der Waals surface area contributed by atoms with Crippen molar-refractivity contribution >= 4 is 43.4 Å². The maximum atomic E-state index is 2.42. The van der Waals surface area contributed by atoms with Crippen LogP contribution in [0.3, 0.4) is 0 Å². The quantitative estimate of drug-likeness (QED) is 0.120. The molecule has 0 spiro atoms. The van der Waals surface area contributed by atoms with Gasteiger partial charge in [-0.2, -0.15) is 0 Å². The molecule has 0 unspecified atom stereocenters. The van der Waals surface area contributed by atoms with Gasteiger partial charge in [0.1, 0.15) is 0 Å². The molecule has 15 rings (SSSR count). The molecule has 1 nitrogen and oxygen atoms in total. The predicted octanol–water partition coefficient (Wildman–Crippen LogP) is 22.1. The number of fused-ring (bicyclic) bond motifs is 5. The van der Waals surface area contributed by atoms with Gasteiger partial charge in [-0.25, -0.2) is 0 Å². The summed E-state index contributed by atoms with van der Waals surface area (Å²) < 4.78 is 2.39. The first kappa shape index (κ1) is 47.6. The topological polar surface area (TPSA) is 4.93 Å². The average molecular weight is 1030 g/mol. The van der Waals surface area contributed by atoms with Crippen LogP contribution in [0, 0.1) is 0 Å². The van der Waals surface area contributed by atoms with Crippen LogP contribution in [0.5, 0.6) is 0 Å². The fourth-order valence-electron chi connectivity index (χ4n) is 12.3. The third kappa shape index (κ3) is 8.79. The van der Waals surface area contributed by atoms with E-state index in [-0.39, 0.29) is 0 Å². The van der Waals surface area contributed by atoms with E-state index in [1.807, 2.05) is 0 Å². The highest BCUT2D eigenvalue weighted by molar-refractivity contribution is 6.22. The minimum atomic E-state index is 1.16. The van der Waals surface area contributed by atoms with Crippen LogP contribution in [0.15, 0.2) is 322 Å². The number of benzene rings is 14. The van der Waals surface area contributed by atoms with Gasteiger partial charge in [-0.3, -0.25) is 0 Å². The molecule has 0 aliphatic rings. The first-order chi connectivity index (χ1) is 40.1. The highest BCUT2D eigenvalue weighted by Gasteiger charge is 2.20. The van der Waals surface area contributed by atoms with Gasteiger partial charge in [0.15, 0.2) is 0 Å². The Labute approximate surface area is 472 Å². The van der Waals surface area contributed by atoms with Crippen molar-refractivity contribution in [3.05, 3.63) is 322 Å². The van der Waals surface area contributed by atoms with Crippen LogP contribution in [-0.2, 0) is 0 Å². The van der Waals surface area contributed by atoms with Gasteiger partial charge < -0.3 is 4.57 Å². The molecule has 14 aromatic carbocycles. The second-order valence-electron chi connectivity index (χ2n) is 21.2. The van der Waals surface area contributed by atoms with Crippen LogP contribution >= 0.6 is 0 Å². The summed E-state index contributed by atoms with van der Waals surface area (Å²) in [5.41, 5.74) is 25.2. The first-order valence-corrected chi connectivity index (χ1v) is 28.0. The lowest BCUT2D eigenvalue weighted by molar-refractivity contribution is 1.18. The Kier molecular flexibility index (Phi) is 11.9. The summed E-state index contributed by atoms with van der Waals surface area (Å²) in [6, 6.07) is 118. The van der Waals surface area contributed by atoms with Crippen molar-refractivity contribution in [2.45, 2.75) is 0 Å². The van der Waals surface area contributed by atoms with Gasteiger partial charge in [0.25, 0.3) is 0 Å². The summed E-state index contributed by atoms with van der Waals surface area (Å²) in [5.74, 6) is 0. The zero-order chi connectivity index (χ0) is 53.6. The fourth-order valence-corrected chi connectivity index (χ4v) is 12.3. The maximum Gasteiger partial charge on any atom is 0.0541 e. The Hall–Kier alpha value is -10.6. The Morgan fingerprint density at radius 2 is 0.370 bits per heavy atom. The van der Waals surface area contributed by atoms with E-state index in [4.69, 9.17) is 0 Å². The predicted molar refractivity (Wildman–Crippen MR) is 345 cm³/mol.